The van der Waals surface area contributed by atoms with Crippen molar-refractivity contribution in [1.82, 2.24) is 5.32 Å². The molecule has 0 saturated carbocycles. The number of rotatable bonds is 9. The molecule has 2 aromatic carbocycles. The summed E-state index contributed by atoms with van der Waals surface area (Å²) in [4.78, 5) is 22.8. The maximum Gasteiger partial charge on any atom is 0.270 e. The molecule has 0 aromatic heterocycles. The maximum absolute atomic E-state index is 12.1. The van der Waals surface area contributed by atoms with Crippen LogP contribution in [0.4, 0.5) is 5.69 Å². The van der Waals surface area contributed by atoms with Gasteiger partial charge in [-0.1, -0.05) is 12.1 Å². The Morgan fingerprint density at radius 1 is 1.19 bits per heavy atom. The Balaban J connectivity index is 2.29. The highest BCUT2D eigenvalue weighted by atomic mass is 16.6. The fraction of sp³-hybridized carbons (Fsp3) is 0.316. The Kier molecular flexibility index (Phi) is 7.13. The highest BCUT2D eigenvalue weighted by Gasteiger charge is 2.19. The van der Waals surface area contributed by atoms with Gasteiger partial charge in [-0.2, -0.15) is 0 Å². The van der Waals surface area contributed by atoms with E-state index in [0.717, 1.165) is 0 Å². The highest BCUT2D eigenvalue weighted by Crippen LogP contribution is 2.34. The predicted octanol–water partition coefficient (Wildman–Crippen LogP) is 2.80. The quantitative estimate of drug-likeness (QED) is 0.412. The van der Waals surface area contributed by atoms with E-state index in [9.17, 15) is 14.9 Å². The Morgan fingerprint density at radius 3 is 2.48 bits per heavy atom. The number of non-ortho nitro benzene ring substituents is 1. The molecular weight excluding hydrogens is 352 g/mol. The van der Waals surface area contributed by atoms with Crippen molar-refractivity contribution in [3.05, 3.63) is 52.6 Å². The minimum absolute atomic E-state index is 0.0645. The van der Waals surface area contributed by atoms with Gasteiger partial charge >= 0.3 is 0 Å². The summed E-state index contributed by atoms with van der Waals surface area (Å²) in [6, 6.07) is 11.3. The third-order valence-electron chi connectivity index (χ3n) is 3.85. The van der Waals surface area contributed by atoms with Crippen LogP contribution in [0.15, 0.2) is 42.5 Å². The SMILES string of the molecule is COCCNC(=O)[C@@H](C)Oc1ccc([N+](=O)[O-])cc1-c1ccc(OC)cc1. The molecule has 2 aromatic rings. The number of methoxy groups -OCH3 is 2. The summed E-state index contributed by atoms with van der Waals surface area (Å²) >= 11 is 0. The second kappa shape index (κ2) is 9.54. The topological polar surface area (TPSA) is 99.9 Å². The monoisotopic (exact) mass is 374 g/mol. The number of amides is 1. The van der Waals surface area contributed by atoms with E-state index in [-0.39, 0.29) is 11.6 Å². The van der Waals surface area contributed by atoms with Gasteiger partial charge in [0.2, 0.25) is 0 Å². The summed E-state index contributed by atoms with van der Waals surface area (Å²) in [5, 5.41) is 13.8. The first-order valence-corrected chi connectivity index (χ1v) is 8.32. The molecule has 144 valence electrons. The van der Waals surface area contributed by atoms with Crippen molar-refractivity contribution in [2.75, 3.05) is 27.4 Å². The fourth-order valence-electron chi connectivity index (χ4n) is 2.39. The largest absolute Gasteiger partial charge is 0.497 e. The van der Waals surface area contributed by atoms with E-state index in [2.05, 4.69) is 5.32 Å². The van der Waals surface area contributed by atoms with Crippen molar-refractivity contribution in [3.63, 3.8) is 0 Å². The molecule has 0 heterocycles. The van der Waals surface area contributed by atoms with Crippen molar-refractivity contribution in [1.29, 1.82) is 0 Å². The molecule has 1 amide bonds. The van der Waals surface area contributed by atoms with E-state index in [0.29, 0.717) is 35.8 Å². The van der Waals surface area contributed by atoms with Crippen LogP contribution >= 0.6 is 0 Å². The fourth-order valence-corrected chi connectivity index (χ4v) is 2.39. The van der Waals surface area contributed by atoms with Crippen LogP contribution in [0.5, 0.6) is 11.5 Å². The van der Waals surface area contributed by atoms with Crippen molar-refractivity contribution in [2.24, 2.45) is 0 Å². The van der Waals surface area contributed by atoms with Crippen LogP contribution in [0.3, 0.4) is 0 Å². The minimum atomic E-state index is -0.777. The molecule has 0 fully saturated rings. The lowest BCUT2D eigenvalue weighted by atomic mass is 10.0. The van der Waals surface area contributed by atoms with Crippen molar-refractivity contribution < 1.29 is 23.9 Å². The van der Waals surface area contributed by atoms with Crippen LogP contribution in [0.1, 0.15) is 6.92 Å². The van der Waals surface area contributed by atoms with Crippen molar-refractivity contribution >= 4 is 11.6 Å². The standard InChI is InChI=1S/C19H22N2O6/c1-13(19(22)20-10-11-25-2)27-18-9-6-15(21(23)24)12-17(18)14-4-7-16(26-3)8-5-14/h4-9,12-13H,10-11H2,1-3H3,(H,20,22)/t13-/m1/s1. The van der Waals surface area contributed by atoms with Gasteiger partial charge in [-0.25, -0.2) is 0 Å². The molecule has 0 unspecified atom stereocenters. The predicted molar refractivity (Wildman–Crippen MR) is 100 cm³/mol. The highest BCUT2D eigenvalue weighted by molar-refractivity contribution is 5.81. The Hall–Kier alpha value is -3.13. The minimum Gasteiger partial charge on any atom is -0.497 e. The molecule has 1 N–H and O–H groups in total. The number of carbonyl (C=O) groups excluding carboxylic acids is 1. The Morgan fingerprint density at radius 2 is 1.89 bits per heavy atom. The first kappa shape index (κ1) is 20.2. The second-order valence-corrected chi connectivity index (χ2v) is 5.71. The zero-order valence-corrected chi connectivity index (χ0v) is 15.4. The first-order chi connectivity index (χ1) is 13.0. The Labute approximate surface area is 157 Å². The van der Waals surface area contributed by atoms with E-state index in [1.807, 2.05) is 0 Å². The van der Waals surface area contributed by atoms with Gasteiger partial charge < -0.3 is 19.5 Å². The Bertz CT molecular complexity index is 791. The van der Waals surface area contributed by atoms with Gasteiger partial charge in [-0.15, -0.1) is 0 Å². The second-order valence-electron chi connectivity index (χ2n) is 5.71. The molecule has 1 atom stereocenters. The molecule has 0 bridgehead atoms. The number of nitro groups is 1. The molecular formula is C19H22N2O6. The van der Waals surface area contributed by atoms with Crippen LogP contribution in [-0.2, 0) is 9.53 Å². The molecule has 2 rings (SSSR count). The van der Waals surface area contributed by atoms with Crippen LogP contribution in [0, 0.1) is 10.1 Å². The first-order valence-electron chi connectivity index (χ1n) is 8.32. The summed E-state index contributed by atoms with van der Waals surface area (Å²) in [5.74, 6) is 0.740. The number of nitrogens with zero attached hydrogens (tertiary/aromatic N) is 1. The molecule has 0 saturated heterocycles. The number of hydrogen-bond donors (Lipinski definition) is 1. The van der Waals surface area contributed by atoms with Gasteiger partial charge in [-0.05, 0) is 30.7 Å². The molecule has 0 aliphatic rings. The van der Waals surface area contributed by atoms with E-state index < -0.39 is 11.0 Å². The number of carbonyl (C=O) groups is 1. The van der Waals surface area contributed by atoms with Gasteiger partial charge in [0.25, 0.3) is 11.6 Å². The van der Waals surface area contributed by atoms with E-state index >= 15 is 0 Å². The van der Waals surface area contributed by atoms with Crippen molar-refractivity contribution in [3.8, 4) is 22.6 Å². The molecule has 8 heteroatoms. The lowest BCUT2D eigenvalue weighted by molar-refractivity contribution is -0.384. The lowest BCUT2D eigenvalue weighted by Crippen LogP contribution is -2.38. The number of nitro benzene ring substituents is 1. The summed E-state index contributed by atoms with van der Waals surface area (Å²) < 4.78 is 15.8. The van der Waals surface area contributed by atoms with Crippen LogP contribution in [-0.4, -0.2) is 44.3 Å². The van der Waals surface area contributed by atoms with E-state index in [4.69, 9.17) is 14.2 Å². The summed E-state index contributed by atoms with van der Waals surface area (Å²) in [6.07, 6.45) is -0.777. The number of benzene rings is 2. The van der Waals surface area contributed by atoms with Crippen LogP contribution in [0.25, 0.3) is 11.1 Å². The normalized spacial score (nSPS) is 11.5. The maximum atomic E-state index is 12.1. The molecule has 0 aliphatic heterocycles. The van der Waals surface area contributed by atoms with Gasteiger partial charge in [0.05, 0.1) is 18.6 Å². The van der Waals surface area contributed by atoms with Crippen LogP contribution in [0.2, 0.25) is 0 Å². The molecule has 0 aliphatic carbocycles. The third kappa shape index (κ3) is 5.42. The summed E-state index contributed by atoms with van der Waals surface area (Å²) in [6.45, 7) is 2.38. The van der Waals surface area contributed by atoms with Gasteiger partial charge in [0.15, 0.2) is 6.10 Å². The molecule has 0 spiro atoms. The zero-order chi connectivity index (χ0) is 19.8. The average Bonchev–Trinajstić information content (AvgIpc) is 2.68. The number of hydrogen-bond acceptors (Lipinski definition) is 6. The van der Waals surface area contributed by atoms with Gasteiger partial charge in [0.1, 0.15) is 11.5 Å². The molecule has 8 nitrogen and oxygen atoms in total. The number of ether oxygens (including phenoxy) is 3. The van der Waals surface area contributed by atoms with E-state index in [1.165, 1.54) is 18.2 Å². The molecule has 0 radical (unpaired) electrons. The smallest absolute Gasteiger partial charge is 0.270 e. The third-order valence-corrected chi connectivity index (χ3v) is 3.85. The number of nitrogens with one attached hydrogen (secondary N) is 1. The zero-order valence-electron chi connectivity index (χ0n) is 15.4. The lowest BCUT2D eigenvalue weighted by Gasteiger charge is -2.17. The average molecular weight is 374 g/mol. The van der Waals surface area contributed by atoms with Gasteiger partial charge in [0, 0.05) is 31.4 Å². The molecule has 27 heavy (non-hydrogen) atoms. The van der Waals surface area contributed by atoms with Crippen molar-refractivity contribution in [2.45, 2.75) is 13.0 Å². The summed E-state index contributed by atoms with van der Waals surface area (Å²) in [7, 11) is 3.10. The van der Waals surface area contributed by atoms with E-state index in [1.54, 1.807) is 45.4 Å². The summed E-state index contributed by atoms with van der Waals surface area (Å²) in [5.41, 5.74) is 1.16. The van der Waals surface area contributed by atoms with Crippen LogP contribution < -0.4 is 14.8 Å². The van der Waals surface area contributed by atoms with Gasteiger partial charge in [-0.3, -0.25) is 14.9 Å².